The van der Waals surface area contributed by atoms with Gasteiger partial charge in [0, 0.05) is 0 Å². The molecule has 1 aromatic rings. The zero-order chi connectivity index (χ0) is 14.4. The molecule has 0 saturated heterocycles. The third kappa shape index (κ3) is 4.45. The zero-order valence-electron chi connectivity index (χ0n) is 10.9. The van der Waals surface area contributed by atoms with Gasteiger partial charge in [-0.05, 0) is 24.8 Å². The van der Waals surface area contributed by atoms with Crippen LogP contribution in [0.15, 0.2) is 30.3 Å². The van der Waals surface area contributed by atoms with E-state index in [1.807, 2.05) is 30.3 Å². The number of rotatable bonds is 5. The standard InChI is InChI=1S/C14H17F2NO3/c15-13(16)20-12-8-4-7-11(12)17-14(18)19-9-10-5-2-1-3-6-10/h1-3,5-6,11-13H,4,7-9H2,(H,17,18). The van der Waals surface area contributed by atoms with E-state index in [2.05, 4.69) is 10.1 Å². The fraction of sp³-hybridized carbons (Fsp3) is 0.500. The SMILES string of the molecule is O=C(NC1CCCC1OC(F)F)OCc1ccccc1. The summed E-state index contributed by atoms with van der Waals surface area (Å²) in [5, 5.41) is 2.59. The van der Waals surface area contributed by atoms with E-state index in [-0.39, 0.29) is 6.61 Å². The van der Waals surface area contributed by atoms with Gasteiger partial charge in [-0.1, -0.05) is 30.3 Å². The van der Waals surface area contributed by atoms with Gasteiger partial charge in [-0.15, -0.1) is 0 Å². The van der Waals surface area contributed by atoms with E-state index in [1.165, 1.54) is 0 Å². The summed E-state index contributed by atoms with van der Waals surface area (Å²) in [7, 11) is 0. The highest BCUT2D eigenvalue weighted by Crippen LogP contribution is 2.24. The number of hydrogen-bond acceptors (Lipinski definition) is 3. The molecule has 1 aromatic carbocycles. The molecule has 1 fully saturated rings. The molecule has 1 aliphatic rings. The van der Waals surface area contributed by atoms with Crippen LogP contribution in [-0.4, -0.2) is 24.9 Å². The van der Waals surface area contributed by atoms with Crippen LogP contribution in [-0.2, 0) is 16.1 Å². The quantitative estimate of drug-likeness (QED) is 0.904. The average Bonchev–Trinajstić information content (AvgIpc) is 2.84. The van der Waals surface area contributed by atoms with E-state index in [1.54, 1.807) is 0 Å². The molecule has 1 N–H and O–H groups in total. The van der Waals surface area contributed by atoms with Crippen LogP contribution >= 0.6 is 0 Å². The Labute approximate surface area is 116 Å². The van der Waals surface area contributed by atoms with Crippen LogP contribution in [0.2, 0.25) is 0 Å². The minimum Gasteiger partial charge on any atom is -0.445 e. The highest BCUT2D eigenvalue weighted by molar-refractivity contribution is 5.67. The van der Waals surface area contributed by atoms with Gasteiger partial charge in [-0.3, -0.25) is 0 Å². The van der Waals surface area contributed by atoms with E-state index < -0.39 is 24.9 Å². The van der Waals surface area contributed by atoms with Gasteiger partial charge in [0.25, 0.3) is 0 Å². The van der Waals surface area contributed by atoms with Crippen molar-refractivity contribution in [3.8, 4) is 0 Å². The second kappa shape index (κ2) is 7.19. The van der Waals surface area contributed by atoms with Crippen molar-refractivity contribution >= 4 is 6.09 Å². The molecule has 2 atom stereocenters. The van der Waals surface area contributed by atoms with E-state index in [0.717, 1.165) is 12.0 Å². The van der Waals surface area contributed by atoms with Crippen molar-refractivity contribution in [3.63, 3.8) is 0 Å². The molecule has 20 heavy (non-hydrogen) atoms. The number of halogens is 2. The number of alkyl carbamates (subject to hydrolysis) is 1. The lowest BCUT2D eigenvalue weighted by atomic mass is 10.2. The third-order valence-electron chi connectivity index (χ3n) is 3.25. The molecule has 2 unspecified atom stereocenters. The minimum atomic E-state index is -2.82. The van der Waals surface area contributed by atoms with Gasteiger partial charge in [-0.2, -0.15) is 8.78 Å². The van der Waals surface area contributed by atoms with Crippen molar-refractivity contribution < 1.29 is 23.0 Å². The van der Waals surface area contributed by atoms with Gasteiger partial charge in [0.1, 0.15) is 6.61 Å². The Hall–Kier alpha value is -1.69. The van der Waals surface area contributed by atoms with E-state index in [0.29, 0.717) is 12.8 Å². The number of alkyl halides is 2. The number of carbonyl (C=O) groups excluding carboxylic acids is 1. The Bertz CT molecular complexity index is 428. The lowest BCUT2D eigenvalue weighted by Gasteiger charge is -2.20. The highest BCUT2D eigenvalue weighted by atomic mass is 19.3. The van der Waals surface area contributed by atoms with Gasteiger partial charge in [0.15, 0.2) is 0 Å². The first kappa shape index (κ1) is 14.7. The minimum absolute atomic E-state index is 0.153. The summed E-state index contributed by atoms with van der Waals surface area (Å²) in [6, 6.07) is 8.83. The Balaban J connectivity index is 1.76. The summed E-state index contributed by atoms with van der Waals surface area (Å²) in [6.45, 7) is -2.66. The van der Waals surface area contributed by atoms with Crippen LogP contribution in [0.1, 0.15) is 24.8 Å². The maximum atomic E-state index is 12.2. The molecule has 2 rings (SSSR count). The first-order valence-electron chi connectivity index (χ1n) is 6.56. The fourth-order valence-electron chi connectivity index (χ4n) is 2.30. The number of nitrogens with one attached hydrogen (secondary N) is 1. The van der Waals surface area contributed by atoms with Crippen molar-refractivity contribution in [3.05, 3.63) is 35.9 Å². The van der Waals surface area contributed by atoms with Crippen LogP contribution in [0.25, 0.3) is 0 Å². The predicted octanol–water partition coefficient (Wildman–Crippen LogP) is 3.07. The number of benzene rings is 1. The van der Waals surface area contributed by atoms with Crippen LogP contribution in [0.3, 0.4) is 0 Å². The summed E-state index contributed by atoms with van der Waals surface area (Å²) in [6.07, 6.45) is 0.648. The fourth-order valence-corrected chi connectivity index (χ4v) is 2.30. The normalized spacial score (nSPS) is 21.9. The second-order valence-electron chi connectivity index (χ2n) is 4.68. The summed E-state index contributed by atoms with van der Waals surface area (Å²) in [5.41, 5.74) is 0.870. The number of amides is 1. The van der Waals surface area contributed by atoms with Crippen LogP contribution in [0, 0.1) is 0 Å². The molecule has 1 aliphatic carbocycles. The topological polar surface area (TPSA) is 47.6 Å². The molecule has 0 aliphatic heterocycles. The molecular weight excluding hydrogens is 268 g/mol. The molecule has 0 heterocycles. The second-order valence-corrected chi connectivity index (χ2v) is 4.68. The van der Waals surface area contributed by atoms with Crippen LogP contribution in [0.4, 0.5) is 13.6 Å². The lowest BCUT2D eigenvalue weighted by molar-refractivity contribution is -0.165. The summed E-state index contributed by atoms with van der Waals surface area (Å²) in [5.74, 6) is 0. The van der Waals surface area contributed by atoms with Crippen molar-refractivity contribution in [2.24, 2.45) is 0 Å². The first-order valence-corrected chi connectivity index (χ1v) is 6.56. The molecule has 4 nitrogen and oxygen atoms in total. The van der Waals surface area contributed by atoms with Crippen LogP contribution in [0.5, 0.6) is 0 Å². The Morgan fingerprint density at radius 1 is 1.30 bits per heavy atom. The maximum Gasteiger partial charge on any atom is 0.407 e. The molecule has 6 heteroatoms. The number of carbonyl (C=O) groups is 1. The Morgan fingerprint density at radius 3 is 2.75 bits per heavy atom. The maximum absolute atomic E-state index is 12.2. The van der Waals surface area contributed by atoms with Gasteiger partial charge in [0.2, 0.25) is 0 Å². The van der Waals surface area contributed by atoms with Crippen molar-refractivity contribution in [2.45, 2.75) is 44.6 Å². The summed E-state index contributed by atoms with van der Waals surface area (Å²) >= 11 is 0. The third-order valence-corrected chi connectivity index (χ3v) is 3.25. The van der Waals surface area contributed by atoms with Gasteiger partial charge in [0.05, 0.1) is 12.1 Å². The summed E-state index contributed by atoms with van der Waals surface area (Å²) in [4.78, 5) is 11.6. The molecule has 0 aromatic heterocycles. The molecule has 0 bridgehead atoms. The predicted molar refractivity (Wildman–Crippen MR) is 68.3 cm³/mol. The molecule has 1 amide bonds. The zero-order valence-corrected chi connectivity index (χ0v) is 10.9. The van der Waals surface area contributed by atoms with Crippen molar-refractivity contribution in [1.82, 2.24) is 5.32 Å². The molecule has 110 valence electrons. The smallest absolute Gasteiger partial charge is 0.407 e. The lowest BCUT2D eigenvalue weighted by Crippen LogP contribution is -2.41. The van der Waals surface area contributed by atoms with Gasteiger partial charge < -0.3 is 14.8 Å². The number of hydrogen-bond donors (Lipinski definition) is 1. The molecule has 0 radical (unpaired) electrons. The summed E-state index contributed by atoms with van der Waals surface area (Å²) < 4.78 is 33.9. The monoisotopic (exact) mass is 285 g/mol. The largest absolute Gasteiger partial charge is 0.445 e. The van der Waals surface area contributed by atoms with Crippen molar-refractivity contribution in [2.75, 3.05) is 0 Å². The molecule has 0 spiro atoms. The number of ether oxygens (including phenoxy) is 2. The molecular formula is C14H17F2NO3. The first-order chi connectivity index (χ1) is 9.65. The van der Waals surface area contributed by atoms with Crippen LogP contribution < -0.4 is 5.32 Å². The van der Waals surface area contributed by atoms with E-state index in [9.17, 15) is 13.6 Å². The molecule has 1 saturated carbocycles. The highest BCUT2D eigenvalue weighted by Gasteiger charge is 2.31. The van der Waals surface area contributed by atoms with E-state index >= 15 is 0 Å². The van der Waals surface area contributed by atoms with Crippen molar-refractivity contribution in [1.29, 1.82) is 0 Å². The van der Waals surface area contributed by atoms with E-state index in [4.69, 9.17) is 4.74 Å². The van der Waals surface area contributed by atoms with Gasteiger partial charge >= 0.3 is 12.7 Å². The average molecular weight is 285 g/mol. The van der Waals surface area contributed by atoms with Gasteiger partial charge in [-0.25, -0.2) is 4.79 Å². The Kier molecular flexibility index (Phi) is 5.29. The Morgan fingerprint density at radius 2 is 2.05 bits per heavy atom.